The highest BCUT2D eigenvalue weighted by molar-refractivity contribution is 7.10. The van der Waals surface area contributed by atoms with Crippen LogP contribution >= 0.6 is 11.3 Å². The van der Waals surface area contributed by atoms with E-state index in [0.717, 1.165) is 25.6 Å². The zero-order chi connectivity index (χ0) is 19.8. The molecule has 1 aromatic heterocycles. The molecular formula is C22H33N5S. The third-order valence-electron chi connectivity index (χ3n) is 5.12. The smallest absolute Gasteiger partial charge is 0.191 e. The molecule has 6 heteroatoms. The summed E-state index contributed by atoms with van der Waals surface area (Å²) in [6.07, 6.45) is 2.61. The first kappa shape index (κ1) is 20.8. The molecule has 0 amide bonds. The standard InChI is InChI=1S/C22H33N5S/c1-23-22(24-15-18-8-10-19(11-9-18)17-26(2)3)25-16-20(21-7-6-14-28-21)27-12-4-5-13-27/h6-11,14,20H,4-5,12-13,15-17H2,1-3H3,(H2,23,24,25). The number of benzene rings is 1. The highest BCUT2D eigenvalue weighted by Gasteiger charge is 2.24. The van der Waals surface area contributed by atoms with Gasteiger partial charge in [-0.15, -0.1) is 11.3 Å². The molecule has 1 atom stereocenters. The van der Waals surface area contributed by atoms with E-state index in [1.54, 1.807) is 0 Å². The van der Waals surface area contributed by atoms with Crippen LogP contribution in [0.1, 0.15) is 34.9 Å². The lowest BCUT2D eigenvalue weighted by atomic mass is 10.1. The van der Waals surface area contributed by atoms with Crippen molar-refractivity contribution in [2.75, 3.05) is 40.8 Å². The Morgan fingerprint density at radius 2 is 1.82 bits per heavy atom. The number of thiophene rings is 1. The molecular weight excluding hydrogens is 366 g/mol. The van der Waals surface area contributed by atoms with Crippen molar-refractivity contribution < 1.29 is 0 Å². The van der Waals surface area contributed by atoms with Gasteiger partial charge in [-0.1, -0.05) is 30.3 Å². The van der Waals surface area contributed by atoms with Gasteiger partial charge in [-0.05, 0) is 62.6 Å². The van der Waals surface area contributed by atoms with Gasteiger partial charge in [0.2, 0.25) is 0 Å². The van der Waals surface area contributed by atoms with Crippen LogP contribution in [-0.4, -0.2) is 56.5 Å². The fourth-order valence-corrected chi connectivity index (χ4v) is 4.53. The predicted octanol–water partition coefficient (Wildman–Crippen LogP) is 3.31. The summed E-state index contributed by atoms with van der Waals surface area (Å²) in [5.74, 6) is 0.859. The van der Waals surface area contributed by atoms with Gasteiger partial charge in [0.1, 0.15) is 0 Å². The summed E-state index contributed by atoms with van der Waals surface area (Å²) >= 11 is 1.85. The minimum Gasteiger partial charge on any atom is -0.354 e. The Morgan fingerprint density at radius 3 is 2.43 bits per heavy atom. The van der Waals surface area contributed by atoms with Crippen LogP contribution in [0.25, 0.3) is 0 Å². The van der Waals surface area contributed by atoms with E-state index in [-0.39, 0.29) is 0 Å². The summed E-state index contributed by atoms with van der Waals surface area (Å²) in [7, 11) is 6.03. The summed E-state index contributed by atoms with van der Waals surface area (Å²) in [5, 5.41) is 9.16. The molecule has 0 bridgehead atoms. The minimum absolute atomic E-state index is 0.423. The van der Waals surface area contributed by atoms with Gasteiger partial charge in [-0.25, -0.2) is 0 Å². The van der Waals surface area contributed by atoms with Crippen molar-refractivity contribution in [3.63, 3.8) is 0 Å². The normalized spacial score (nSPS) is 16.5. The second-order valence-corrected chi connectivity index (χ2v) is 8.61. The number of hydrogen-bond donors (Lipinski definition) is 2. The monoisotopic (exact) mass is 399 g/mol. The van der Waals surface area contributed by atoms with Crippen LogP contribution < -0.4 is 10.6 Å². The van der Waals surface area contributed by atoms with E-state index >= 15 is 0 Å². The predicted molar refractivity (Wildman–Crippen MR) is 120 cm³/mol. The molecule has 0 saturated carbocycles. The average molecular weight is 400 g/mol. The van der Waals surface area contributed by atoms with Crippen molar-refractivity contribution in [3.8, 4) is 0 Å². The molecule has 1 aromatic carbocycles. The van der Waals surface area contributed by atoms with Crippen LogP contribution in [0.15, 0.2) is 46.8 Å². The maximum atomic E-state index is 4.41. The summed E-state index contributed by atoms with van der Waals surface area (Å²) in [6.45, 7) is 5.00. The molecule has 0 spiro atoms. The van der Waals surface area contributed by atoms with Gasteiger partial charge in [0.15, 0.2) is 5.96 Å². The Balaban J connectivity index is 1.52. The number of hydrogen-bond acceptors (Lipinski definition) is 4. The molecule has 5 nitrogen and oxygen atoms in total. The molecule has 0 radical (unpaired) electrons. The average Bonchev–Trinajstić information content (AvgIpc) is 3.40. The summed E-state index contributed by atoms with van der Waals surface area (Å²) in [4.78, 5) is 10.6. The molecule has 2 N–H and O–H groups in total. The fourth-order valence-electron chi connectivity index (χ4n) is 3.67. The lowest BCUT2D eigenvalue weighted by molar-refractivity contribution is 0.249. The van der Waals surface area contributed by atoms with E-state index < -0.39 is 0 Å². The van der Waals surface area contributed by atoms with Crippen LogP contribution in [0.5, 0.6) is 0 Å². The number of nitrogens with one attached hydrogen (secondary N) is 2. The number of aliphatic imine (C=N–C) groups is 1. The zero-order valence-corrected chi connectivity index (χ0v) is 18.1. The van der Waals surface area contributed by atoms with Gasteiger partial charge in [-0.3, -0.25) is 9.89 Å². The van der Waals surface area contributed by atoms with Crippen molar-refractivity contribution in [2.24, 2.45) is 4.99 Å². The third kappa shape index (κ3) is 6.06. The van der Waals surface area contributed by atoms with Crippen molar-refractivity contribution in [3.05, 3.63) is 57.8 Å². The molecule has 1 aliphatic heterocycles. The highest BCUT2D eigenvalue weighted by Crippen LogP contribution is 2.27. The van der Waals surface area contributed by atoms with E-state index in [9.17, 15) is 0 Å². The molecule has 2 aromatic rings. The van der Waals surface area contributed by atoms with Crippen molar-refractivity contribution >= 4 is 17.3 Å². The van der Waals surface area contributed by atoms with E-state index in [2.05, 4.69) is 81.3 Å². The highest BCUT2D eigenvalue weighted by atomic mass is 32.1. The first-order valence-corrected chi connectivity index (χ1v) is 11.0. The van der Waals surface area contributed by atoms with E-state index in [4.69, 9.17) is 0 Å². The van der Waals surface area contributed by atoms with Gasteiger partial charge in [-0.2, -0.15) is 0 Å². The van der Waals surface area contributed by atoms with E-state index in [1.165, 1.54) is 41.9 Å². The van der Waals surface area contributed by atoms with Gasteiger partial charge < -0.3 is 15.5 Å². The molecule has 152 valence electrons. The lowest BCUT2D eigenvalue weighted by Crippen LogP contribution is -2.42. The van der Waals surface area contributed by atoms with Gasteiger partial charge in [0.25, 0.3) is 0 Å². The van der Waals surface area contributed by atoms with Crippen LogP contribution in [0.3, 0.4) is 0 Å². The van der Waals surface area contributed by atoms with Crippen LogP contribution in [0.4, 0.5) is 0 Å². The van der Waals surface area contributed by atoms with Crippen LogP contribution in [0.2, 0.25) is 0 Å². The largest absolute Gasteiger partial charge is 0.354 e. The Kier molecular flexibility index (Phi) is 7.89. The van der Waals surface area contributed by atoms with Gasteiger partial charge in [0.05, 0.1) is 6.04 Å². The second-order valence-electron chi connectivity index (χ2n) is 7.64. The summed E-state index contributed by atoms with van der Waals surface area (Å²) in [5.41, 5.74) is 2.60. The molecule has 2 heterocycles. The molecule has 1 saturated heterocycles. The lowest BCUT2D eigenvalue weighted by Gasteiger charge is -2.27. The first-order valence-electron chi connectivity index (χ1n) is 10.1. The number of likely N-dealkylation sites (tertiary alicyclic amines) is 1. The summed E-state index contributed by atoms with van der Waals surface area (Å²) in [6, 6.07) is 13.6. The molecule has 1 fully saturated rings. The van der Waals surface area contributed by atoms with Crippen LogP contribution in [-0.2, 0) is 13.1 Å². The number of rotatable bonds is 8. The molecule has 1 aliphatic rings. The Bertz CT molecular complexity index is 718. The Morgan fingerprint density at radius 1 is 1.11 bits per heavy atom. The maximum Gasteiger partial charge on any atom is 0.191 e. The van der Waals surface area contributed by atoms with E-state index in [0.29, 0.717) is 6.04 Å². The molecule has 3 rings (SSSR count). The fraction of sp³-hybridized carbons (Fsp3) is 0.500. The quantitative estimate of drug-likeness (QED) is 0.528. The van der Waals surface area contributed by atoms with Crippen molar-refractivity contribution in [2.45, 2.75) is 32.0 Å². The van der Waals surface area contributed by atoms with Crippen LogP contribution in [0, 0.1) is 0 Å². The zero-order valence-electron chi connectivity index (χ0n) is 17.3. The topological polar surface area (TPSA) is 42.9 Å². The van der Waals surface area contributed by atoms with E-state index in [1.807, 2.05) is 18.4 Å². The summed E-state index contributed by atoms with van der Waals surface area (Å²) < 4.78 is 0. The molecule has 0 aliphatic carbocycles. The molecule has 28 heavy (non-hydrogen) atoms. The maximum absolute atomic E-state index is 4.41. The van der Waals surface area contributed by atoms with Crippen molar-refractivity contribution in [1.29, 1.82) is 0 Å². The third-order valence-corrected chi connectivity index (χ3v) is 6.09. The molecule has 1 unspecified atom stereocenters. The Labute approximate surface area is 173 Å². The Hall–Kier alpha value is -1.89. The second kappa shape index (κ2) is 10.6. The minimum atomic E-state index is 0.423. The number of nitrogens with zero attached hydrogens (tertiary/aromatic N) is 3. The number of guanidine groups is 1. The van der Waals surface area contributed by atoms with Gasteiger partial charge >= 0.3 is 0 Å². The SMILES string of the molecule is CN=C(NCc1ccc(CN(C)C)cc1)NCC(c1cccs1)N1CCCC1. The van der Waals surface area contributed by atoms with Gasteiger partial charge in [0, 0.05) is 31.6 Å². The first-order chi connectivity index (χ1) is 13.7. The van der Waals surface area contributed by atoms with Crippen molar-refractivity contribution in [1.82, 2.24) is 20.4 Å².